The highest BCUT2D eigenvalue weighted by atomic mass is 19.1. The molecule has 0 bridgehead atoms. The molecule has 0 saturated carbocycles. The number of ether oxygens (including phenoxy) is 1. The van der Waals surface area contributed by atoms with Crippen molar-refractivity contribution >= 4 is 5.97 Å². The molecule has 1 aromatic rings. The van der Waals surface area contributed by atoms with Gasteiger partial charge in [-0.05, 0) is 31.0 Å². The summed E-state index contributed by atoms with van der Waals surface area (Å²) in [4.78, 5) is 11.8. The van der Waals surface area contributed by atoms with Crippen molar-refractivity contribution in [2.75, 3.05) is 6.61 Å². The Morgan fingerprint density at radius 2 is 1.94 bits per heavy atom. The SMILES string of the molecule is CCOC(=O)C(Cc1ccc(F)cc1)NC(C)C. The molecule has 0 spiro atoms. The molecule has 0 fully saturated rings. The van der Waals surface area contributed by atoms with Crippen molar-refractivity contribution in [2.24, 2.45) is 0 Å². The number of hydrogen-bond acceptors (Lipinski definition) is 3. The van der Waals surface area contributed by atoms with E-state index in [1.165, 1.54) is 12.1 Å². The van der Waals surface area contributed by atoms with E-state index in [9.17, 15) is 9.18 Å². The lowest BCUT2D eigenvalue weighted by molar-refractivity contribution is -0.145. The van der Waals surface area contributed by atoms with E-state index < -0.39 is 6.04 Å². The Balaban J connectivity index is 2.71. The van der Waals surface area contributed by atoms with E-state index in [1.54, 1.807) is 19.1 Å². The summed E-state index contributed by atoms with van der Waals surface area (Å²) in [7, 11) is 0. The van der Waals surface area contributed by atoms with Crippen molar-refractivity contribution in [3.8, 4) is 0 Å². The van der Waals surface area contributed by atoms with Crippen molar-refractivity contribution in [1.82, 2.24) is 5.32 Å². The molecular weight excluding hydrogens is 233 g/mol. The first-order valence-electron chi connectivity index (χ1n) is 6.20. The van der Waals surface area contributed by atoms with E-state index in [1.807, 2.05) is 13.8 Å². The maximum atomic E-state index is 12.8. The van der Waals surface area contributed by atoms with E-state index in [0.717, 1.165) is 5.56 Å². The first-order chi connectivity index (χ1) is 8.52. The summed E-state index contributed by atoms with van der Waals surface area (Å²) in [6, 6.07) is 5.95. The van der Waals surface area contributed by atoms with Gasteiger partial charge in [-0.2, -0.15) is 0 Å². The standard InChI is InChI=1S/C14H20FNO2/c1-4-18-14(17)13(16-10(2)3)9-11-5-7-12(15)8-6-11/h5-8,10,13,16H,4,9H2,1-3H3. The molecule has 0 radical (unpaired) electrons. The number of carbonyl (C=O) groups is 1. The van der Waals surface area contributed by atoms with Crippen LogP contribution in [-0.2, 0) is 16.0 Å². The Kier molecular flexibility index (Phi) is 5.78. The van der Waals surface area contributed by atoms with Crippen LogP contribution in [-0.4, -0.2) is 24.7 Å². The molecule has 0 saturated heterocycles. The second-order valence-electron chi connectivity index (χ2n) is 4.46. The van der Waals surface area contributed by atoms with E-state index in [-0.39, 0.29) is 17.8 Å². The van der Waals surface area contributed by atoms with Gasteiger partial charge in [0.1, 0.15) is 11.9 Å². The van der Waals surface area contributed by atoms with Crippen LogP contribution in [0.4, 0.5) is 4.39 Å². The highest BCUT2D eigenvalue weighted by Crippen LogP contribution is 2.07. The number of rotatable bonds is 6. The fraction of sp³-hybridized carbons (Fsp3) is 0.500. The largest absolute Gasteiger partial charge is 0.465 e. The van der Waals surface area contributed by atoms with Crippen molar-refractivity contribution in [2.45, 2.75) is 39.3 Å². The number of nitrogens with one attached hydrogen (secondary N) is 1. The Morgan fingerprint density at radius 1 is 1.33 bits per heavy atom. The number of esters is 1. The molecule has 0 aliphatic rings. The van der Waals surface area contributed by atoms with Gasteiger partial charge in [0, 0.05) is 6.04 Å². The van der Waals surface area contributed by atoms with Crippen LogP contribution in [0.3, 0.4) is 0 Å². The van der Waals surface area contributed by atoms with Crippen molar-refractivity contribution in [1.29, 1.82) is 0 Å². The Labute approximate surface area is 107 Å². The van der Waals surface area contributed by atoms with Crippen LogP contribution in [0.15, 0.2) is 24.3 Å². The highest BCUT2D eigenvalue weighted by molar-refractivity contribution is 5.76. The average molecular weight is 253 g/mol. The lowest BCUT2D eigenvalue weighted by Gasteiger charge is -2.19. The van der Waals surface area contributed by atoms with E-state index in [0.29, 0.717) is 13.0 Å². The normalized spacial score (nSPS) is 12.5. The number of hydrogen-bond donors (Lipinski definition) is 1. The predicted octanol–water partition coefficient (Wildman–Crippen LogP) is 2.30. The maximum Gasteiger partial charge on any atom is 0.323 e. The number of carbonyl (C=O) groups excluding carboxylic acids is 1. The molecule has 18 heavy (non-hydrogen) atoms. The first kappa shape index (κ1) is 14.6. The van der Waals surface area contributed by atoms with Crippen LogP contribution >= 0.6 is 0 Å². The highest BCUT2D eigenvalue weighted by Gasteiger charge is 2.20. The molecule has 4 heteroatoms. The van der Waals surface area contributed by atoms with Crippen molar-refractivity contribution in [3.05, 3.63) is 35.6 Å². The fourth-order valence-electron chi connectivity index (χ4n) is 1.71. The van der Waals surface area contributed by atoms with Gasteiger partial charge < -0.3 is 10.1 Å². The second kappa shape index (κ2) is 7.11. The summed E-state index contributed by atoms with van der Waals surface area (Å²) < 4.78 is 17.8. The fourth-order valence-corrected chi connectivity index (χ4v) is 1.71. The van der Waals surface area contributed by atoms with Gasteiger partial charge in [0.05, 0.1) is 6.61 Å². The van der Waals surface area contributed by atoms with E-state index in [2.05, 4.69) is 5.32 Å². The molecular formula is C14H20FNO2. The summed E-state index contributed by atoms with van der Waals surface area (Å²) in [5.74, 6) is -0.543. The average Bonchev–Trinajstić information content (AvgIpc) is 2.31. The topological polar surface area (TPSA) is 38.3 Å². The minimum absolute atomic E-state index is 0.180. The van der Waals surface area contributed by atoms with Crippen LogP contribution in [0, 0.1) is 5.82 Å². The molecule has 0 aromatic heterocycles. The monoisotopic (exact) mass is 253 g/mol. The van der Waals surface area contributed by atoms with Crippen LogP contribution < -0.4 is 5.32 Å². The van der Waals surface area contributed by atoms with Gasteiger partial charge in [0.2, 0.25) is 0 Å². The zero-order valence-corrected chi connectivity index (χ0v) is 11.1. The lowest BCUT2D eigenvalue weighted by Crippen LogP contribution is -2.43. The first-order valence-corrected chi connectivity index (χ1v) is 6.20. The number of benzene rings is 1. The number of halogens is 1. The van der Waals surface area contributed by atoms with Crippen molar-refractivity contribution < 1.29 is 13.9 Å². The van der Waals surface area contributed by atoms with Gasteiger partial charge in [-0.3, -0.25) is 4.79 Å². The summed E-state index contributed by atoms with van der Waals surface area (Å²) in [6.07, 6.45) is 0.497. The Bertz CT molecular complexity index is 376. The molecule has 100 valence electrons. The second-order valence-corrected chi connectivity index (χ2v) is 4.46. The molecule has 0 aliphatic heterocycles. The van der Waals surface area contributed by atoms with E-state index >= 15 is 0 Å². The summed E-state index contributed by atoms with van der Waals surface area (Å²) >= 11 is 0. The Morgan fingerprint density at radius 3 is 2.44 bits per heavy atom. The predicted molar refractivity (Wildman–Crippen MR) is 68.8 cm³/mol. The van der Waals surface area contributed by atoms with Crippen LogP contribution in [0.5, 0.6) is 0 Å². The molecule has 1 aromatic carbocycles. The summed E-state index contributed by atoms with van der Waals surface area (Å²) in [5, 5.41) is 3.16. The quantitative estimate of drug-likeness (QED) is 0.791. The maximum absolute atomic E-state index is 12.8. The molecule has 3 nitrogen and oxygen atoms in total. The third-order valence-corrected chi connectivity index (χ3v) is 2.46. The molecule has 1 unspecified atom stereocenters. The zero-order valence-electron chi connectivity index (χ0n) is 11.1. The molecule has 1 atom stereocenters. The van der Waals surface area contributed by atoms with Gasteiger partial charge in [0.15, 0.2) is 0 Å². The van der Waals surface area contributed by atoms with Gasteiger partial charge in [-0.1, -0.05) is 26.0 Å². The van der Waals surface area contributed by atoms with Gasteiger partial charge in [0.25, 0.3) is 0 Å². The van der Waals surface area contributed by atoms with Gasteiger partial charge >= 0.3 is 5.97 Å². The van der Waals surface area contributed by atoms with Crippen LogP contribution in [0.1, 0.15) is 26.3 Å². The summed E-state index contributed by atoms with van der Waals surface area (Å²) in [6.45, 7) is 6.08. The minimum atomic E-state index is -0.393. The summed E-state index contributed by atoms with van der Waals surface area (Å²) in [5.41, 5.74) is 0.905. The van der Waals surface area contributed by atoms with Crippen molar-refractivity contribution in [3.63, 3.8) is 0 Å². The molecule has 0 heterocycles. The third kappa shape index (κ3) is 4.84. The lowest BCUT2D eigenvalue weighted by atomic mass is 10.1. The molecule has 1 rings (SSSR count). The zero-order chi connectivity index (χ0) is 13.5. The molecule has 0 amide bonds. The smallest absolute Gasteiger partial charge is 0.323 e. The van der Waals surface area contributed by atoms with Crippen LogP contribution in [0.25, 0.3) is 0 Å². The van der Waals surface area contributed by atoms with Crippen LogP contribution in [0.2, 0.25) is 0 Å². The van der Waals surface area contributed by atoms with Gasteiger partial charge in [-0.15, -0.1) is 0 Å². The Hall–Kier alpha value is -1.42. The van der Waals surface area contributed by atoms with Gasteiger partial charge in [-0.25, -0.2) is 4.39 Å². The minimum Gasteiger partial charge on any atom is -0.465 e. The van der Waals surface area contributed by atoms with E-state index in [4.69, 9.17) is 4.74 Å². The molecule has 0 aliphatic carbocycles. The molecule has 1 N–H and O–H groups in total. The third-order valence-electron chi connectivity index (χ3n) is 2.46.